The average molecular weight is 343 g/mol. The van der Waals surface area contributed by atoms with Crippen LogP contribution >= 0.6 is 0 Å². The first kappa shape index (κ1) is 17.0. The Bertz CT molecular complexity index is 568. The molecule has 1 aromatic rings. The molecular weight excluding hydrogens is 314 g/mol. The molecule has 0 aliphatic carbocycles. The first-order valence-corrected chi connectivity index (χ1v) is 9.76. The largest absolute Gasteiger partial charge is 0.368 e. The maximum atomic E-state index is 12.5. The van der Waals surface area contributed by atoms with Gasteiger partial charge in [-0.15, -0.1) is 0 Å². The molecule has 1 spiro atoms. The standard InChI is InChI=1S/C20H29N3O2/c24-19(23-10-1-2-11-23)18-5-6-20(16-25-18)7-12-22(13-8-20)15-17-4-3-9-21-14-17/h3-4,9,14,18H,1-2,5-8,10-13,15-16H2/t18-/m1/s1. The van der Waals surface area contributed by atoms with Gasteiger partial charge in [-0.1, -0.05) is 6.07 Å². The van der Waals surface area contributed by atoms with Crippen LogP contribution in [0.25, 0.3) is 0 Å². The smallest absolute Gasteiger partial charge is 0.251 e. The SMILES string of the molecule is O=C([C@H]1CCC2(CCN(Cc3cccnc3)CC2)CO1)N1CCCC1. The molecule has 1 aromatic heterocycles. The van der Waals surface area contributed by atoms with E-state index in [0.717, 1.165) is 65.0 Å². The molecule has 0 unspecified atom stereocenters. The number of rotatable bonds is 3. The van der Waals surface area contributed by atoms with Gasteiger partial charge in [-0.25, -0.2) is 0 Å². The average Bonchev–Trinajstić information content (AvgIpc) is 3.20. The van der Waals surface area contributed by atoms with Crippen molar-refractivity contribution >= 4 is 5.91 Å². The fraction of sp³-hybridized carbons (Fsp3) is 0.700. The van der Waals surface area contributed by atoms with Gasteiger partial charge in [0.05, 0.1) is 6.61 Å². The van der Waals surface area contributed by atoms with Crippen molar-refractivity contribution in [1.29, 1.82) is 0 Å². The number of pyridine rings is 1. The van der Waals surface area contributed by atoms with E-state index in [1.54, 1.807) is 0 Å². The van der Waals surface area contributed by atoms with Gasteiger partial charge in [0.2, 0.25) is 0 Å². The molecule has 0 aromatic carbocycles. The molecule has 3 aliphatic heterocycles. The van der Waals surface area contributed by atoms with Crippen molar-refractivity contribution in [3.05, 3.63) is 30.1 Å². The summed E-state index contributed by atoms with van der Waals surface area (Å²) >= 11 is 0. The minimum absolute atomic E-state index is 0.183. The molecule has 136 valence electrons. The van der Waals surface area contributed by atoms with Gasteiger partial charge in [0.1, 0.15) is 6.10 Å². The molecule has 4 heterocycles. The Morgan fingerprint density at radius 3 is 2.64 bits per heavy atom. The zero-order chi connectivity index (χ0) is 17.1. The summed E-state index contributed by atoms with van der Waals surface area (Å²) in [7, 11) is 0. The van der Waals surface area contributed by atoms with Crippen molar-refractivity contribution in [1.82, 2.24) is 14.8 Å². The lowest BCUT2D eigenvalue weighted by molar-refractivity contribution is -0.154. The van der Waals surface area contributed by atoms with Crippen LogP contribution in [0.3, 0.4) is 0 Å². The summed E-state index contributed by atoms with van der Waals surface area (Å²) in [5, 5.41) is 0. The topological polar surface area (TPSA) is 45.7 Å². The van der Waals surface area contributed by atoms with Gasteiger partial charge in [0.25, 0.3) is 5.91 Å². The number of piperidine rings is 1. The van der Waals surface area contributed by atoms with Crippen molar-refractivity contribution in [2.45, 2.75) is 51.2 Å². The van der Waals surface area contributed by atoms with Crippen molar-refractivity contribution in [3.8, 4) is 0 Å². The van der Waals surface area contributed by atoms with Gasteiger partial charge in [-0.2, -0.15) is 0 Å². The highest BCUT2D eigenvalue weighted by Gasteiger charge is 2.41. The maximum absolute atomic E-state index is 12.5. The van der Waals surface area contributed by atoms with Crippen LogP contribution in [0, 0.1) is 5.41 Å². The van der Waals surface area contributed by atoms with Crippen molar-refractivity contribution in [3.63, 3.8) is 0 Å². The maximum Gasteiger partial charge on any atom is 0.251 e. The predicted octanol–water partition coefficient (Wildman–Crippen LogP) is 2.47. The summed E-state index contributed by atoms with van der Waals surface area (Å²) < 4.78 is 6.08. The minimum atomic E-state index is -0.183. The van der Waals surface area contributed by atoms with Crippen LogP contribution in [0.4, 0.5) is 0 Å². The van der Waals surface area contributed by atoms with Gasteiger partial charge >= 0.3 is 0 Å². The number of hydrogen-bond acceptors (Lipinski definition) is 4. The molecule has 3 saturated heterocycles. The number of ether oxygens (including phenoxy) is 1. The lowest BCUT2D eigenvalue weighted by Gasteiger charge is -2.45. The second-order valence-corrected chi connectivity index (χ2v) is 8.01. The number of aromatic nitrogens is 1. The van der Waals surface area contributed by atoms with Crippen LogP contribution in [0.15, 0.2) is 24.5 Å². The molecule has 4 rings (SSSR count). The highest BCUT2D eigenvalue weighted by Crippen LogP contribution is 2.41. The summed E-state index contributed by atoms with van der Waals surface area (Å²) in [6.07, 6.45) is 10.3. The van der Waals surface area contributed by atoms with Gasteiger partial charge < -0.3 is 9.64 Å². The molecular formula is C20H29N3O2. The first-order chi connectivity index (χ1) is 12.2. The van der Waals surface area contributed by atoms with E-state index >= 15 is 0 Å². The fourth-order valence-electron chi connectivity index (χ4n) is 4.54. The molecule has 25 heavy (non-hydrogen) atoms. The van der Waals surface area contributed by atoms with Crippen LogP contribution in [0.2, 0.25) is 0 Å². The van der Waals surface area contributed by atoms with E-state index in [2.05, 4.69) is 16.0 Å². The van der Waals surface area contributed by atoms with Gasteiger partial charge in [-0.3, -0.25) is 14.7 Å². The van der Waals surface area contributed by atoms with Gasteiger partial charge in [-0.05, 0) is 68.7 Å². The number of amides is 1. The van der Waals surface area contributed by atoms with Gasteiger partial charge in [0, 0.05) is 32.0 Å². The Balaban J connectivity index is 1.26. The summed E-state index contributed by atoms with van der Waals surface area (Å²) in [5.41, 5.74) is 1.59. The van der Waals surface area contributed by atoms with Crippen molar-refractivity contribution in [2.75, 3.05) is 32.8 Å². The summed E-state index contributed by atoms with van der Waals surface area (Å²) in [4.78, 5) is 21.2. The second kappa shape index (κ2) is 7.42. The van der Waals surface area contributed by atoms with Crippen LogP contribution in [-0.4, -0.2) is 59.6 Å². The third kappa shape index (κ3) is 3.87. The third-order valence-electron chi connectivity index (χ3n) is 6.27. The summed E-state index contributed by atoms with van der Waals surface area (Å²) in [6, 6.07) is 4.16. The van der Waals surface area contributed by atoms with Crippen LogP contribution in [-0.2, 0) is 16.1 Å². The van der Waals surface area contributed by atoms with E-state index in [1.165, 1.54) is 18.4 Å². The Morgan fingerprint density at radius 2 is 2.00 bits per heavy atom. The van der Waals surface area contributed by atoms with E-state index in [-0.39, 0.29) is 12.0 Å². The highest BCUT2D eigenvalue weighted by atomic mass is 16.5. The second-order valence-electron chi connectivity index (χ2n) is 8.01. The lowest BCUT2D eigenvalue weighted by Crippen LogP contribution is -2.49. The summed E-state index contributed by atoms with van der Waals surface area (Å²) in [5.74, 6) is 0.237. The molecule has 0 radical (unpaired) electrons. The molecule has 1 amide bonds. The Morgan fingerprint density at radius 1 is 1.20 bits per heavy atom. The predicted molar refractivity (Wildman–Crippen MR) is 96.0 cm³/mol. The quantitative estimate of drug-likeness (QED) is 0.846. The molecule has 3 aliphatic rings. The molecule has 5 nitrogen and oxygen atoms in total. The zero-order valence-electron chi connectivity index (χ0n) is 15.0. The minimum Gasteiger partial charge on any atom is -0.368 e. The van der Waals surface area contributed by atoms with Crippen LogP contribution in [0.1, 0.15) is 44.1 Å². The molecule has 3 fully saturated rings. The monoisotopic (exact) mass is 343 g/mol. The number of carbonyl (C=O) groups is 1. The van der Waals surface area contributed by atoms with E-state index in [9.17, 15) is 4.79 Å². The Labute approximate surface area is 150 Å². The molecule has 0 N–H and O–H groups in total. The van der Waals surface area contributed by atoms with E-state index < -0.39 is 0 Å². The fourth-order valence-corrected chi connectivity index (χ4v) is 4.54. The van der Waals surface area contributed by atoms with E-state index in [0.29, 0.717) is 5.41 Å². The normalized spacial score (nSPS) is 26.9. The number of likely N-dealkylation sites (tertiary alicyclic amines) is 2. The van der Waals surface area contributed by atoms with Crippen molar-refractivity contribution in [2.24, 2.45) is 5.41 Å². The Hall–Kier alpha value is -1.46. The molecule has 0 bridgehead atoms. The number of hydrogen-bond donors (Lipinski definition) is 0. The van der Waals surface area contributed by atoms with Crippen molar-refractivity contribution < 1.29 is 9.53 Å². The highest BCUT2D eigenvalue weighted by molar-refractivity contribution is 5.81. The molecule has 5 heteroatoms. The van der Waals surface area contributed by atoms with E-state index in [4.69, 9.17) is 4.74 Å². The van der Waals surface area contributed by atoms with Gasteiger partial charge in [0.15, 0.2) is 0 Å². The van der Waals surface area contributed by atoms with Crippen LogP contribution < -0.4 is 0 Å². The number of carbonyl (C=O) groups excluding carboxylic acids is 1. The Kier molecular flexibility index (Phi) is 5.04. The summed E-state index contributed by atoms with van der Waals surface area (Å²) in [6.45, 7) is 5.82. The molecule has 1 atom stereocenters. The van der Waals surface area contributed by atoms with Crippen LogP contribution in [0.5, 0.6) is 0 Å². The number of nitrogens with zero attached hydrogens (tertiary/aromatic N) is 3. The zero-order valence-corrected chi connectivity index (χ0v) is 15.0. The first-order valence-electron chi connectivity index (χ1n) is 9.76. The van der Waals surface area contributed by atoms with E-state index in [1.807, 2.05) is 23.4 Å². The lowest BCUT2D eigenvalue weighted by atomic mass is 9.73. The molecule has 0 saturated carbocycles. The third-order valence-corrected chi connectivity index (χ3v) is 6.27.